The molecule has 1 N–H and O–H groups in total. The van der Waals surface area contributed by atoms with Crippen LogP contribution in [0.1, 0.15) is 6.92 Å². The van der Waals surface area contributed by atoms with Crippen molar-refractivity contribution in [2.24, 2.45) is 4.99 Å². The van der Waals surface area contributed by atoms with Gasteiger partial charge in [0.15, 0.2) is 5.70 Å². The second-order valence-corrected chi connectivity index (χ2v) is 4.41. The first-order valence-corrected chi connectivity index (χ1v) is 5.57. The predicted molar refractivity (Wildman–Crippen MR) is 59.8 cm³/mol. The highest BCUT2D eigenvalue weighted by molar-refractivity contribution is 6.30. The molecule has 0 aromatic heterocycles. The number of rotatable bonds is 0. The SMILES string of the molecule is C[C@@H]1C(=O)N=c2ccc(Cl)cc2=C(C(F)(F)F)N1O. The van der Waals surface area contributed by atoms with Crippen LogP contribution in [0.25, 0.3) is 5.70 Å². The largest absolute Gasteiger partial charge is 0.434 e. The van der Waals surface area contributed by atoms with Gasteiger partial charge in [0, 0.05) is 10.2 Å². The number of carbonyl (C=O) groups excluding carboxylic acids is 1. The summed E-state index contributed by atoms with van der Waals surface area (Å²) in [7, 11) is 0. The monoisotopic (exact) mass is 292 g/mol. The van der Waals surface area contributed by atoms with Gasteiger partial charge in [-0.25, -0.2) is 10.1 Å². The Bertz CT molecular complexity index is 657. The molecule has 0 aliphatic carbocycles. The van der Waals surface area contributed by atoms with Gasteiger partial charge in [-0.1, -0.05) is 11.6 Å². The minimum atomic E-state index is -4.84. The summed E-state index contributed by atoms with van der Waals surface area (Å²) >= 11 is 5.66. The van der Waals surface area contributed by atoms with E-state index >= 15 is 0 Å². The minimum absolute atomic E-state index is 0.0473. The van der Waals surface area contributed by atoms with E-state index in [2.05, 4.69) is 4.99 Å². The van der Waals surface area contributed by atoms with Crippen LogP contribution in [0, 0.1) is 0 Å². The summed E-state index contributed by atoms with van der Waals surface area (Å²) in [6.45, 7) is 1.13. The fourth-order valence-corrected chi connectivity index (χ4v) is 1.88. The second kappa shape index (κ2) is 4.50. The second-order valence-electron chi connectivity index (χ2n) is 3.98. The van der Waals surface area contributed by atoms with Gasteiger partial charge in [-0.05, 0) is 25.1 Å². The molecule has 0 spiro atoms. The van der Waals surface area contributed by atoms with Crippen LogP contribution in [-0.2, 0) is 4.79 Å². The van der Waals surface area contributed by atoms with E-state index in [1.54, 1.807) is 0 Å². The fourth-order valence-electron chi connectivity index (χ4n) is 1.71. The van der Waals surface area contributed by atoms with E-state index in [0.29, 0.717) is 0 Å². The lowest BCUT2D eigenvalue weighted by Crippen LogP contribution is -2.42. The van der Waals surface area contributed by atoms with Gasteiger partial charge in [-0.3, -0.25) is 10.0 Å². The van der Waals surface area contributed by atoms with Crippen molar-refractivity contribution in [2.75, 3.05) is 0 Å². The molecule has 19 heavy (non-hydrogen) atoms. The molecule has 1 aliphatic heterocycles. The van der Waals surface area contributed by atoms with Crippen molar-refractivity contribution < 1.29 is 23.2 Å². The average molecular weight is 293 g/mol. The molecule has 0 saturated heterocycles. The first kappa shape index (κ1) is 13.8. The molecule has 8 heteroatoms. The smallest absolute Gasteiger partial charge is 0.288 e. The van der Waals surface area contributed by atoms with Crippen molar-refractivity contribution in [3.05, 3.63) is 33.8 Å². The molecular formula is C11H8ClF3N2O2. The van der Waals surface area contributed by atoms with Crippen molar-refractivity contribution in [1.29, 1.82) is 0 Å². The maximum absolute atomic E-state index is 13.0. The zero-order valence-electron chi connectivity index (χ0n) is 9.57. The zero-order chi connectivity index (χ0) is 14.4. The lowest BCUT2D eigenvalue weighted by atomic mass is 10.2. The number of halogens is 4. The Morgan fingerprint density at radius 1 is 1.42 bits per heavy atom. The van der Waals surface area contributed by atoms with E-state index in [1.165, 1.54) is 12.1 Å². The molecule has 0 radical (unpaired) electrons. The molecule has 1 aromatic rings. The van der Waals surface area contributed by atoms with Crippen LogP contribution in [0.4, 0.5) is 13.2 Å². The highest BCUT2D eigenvalue weighted by atomic mass is 35.5. The third-order valence-electron chi connectivity index (χ3n) is 2.67. The Balaban J connectivity index is 2.96. The van der Waals surface area contributed by atoms with E-state index in [1.807, 2.05) is 0 Å². The van der Waals surface area contributed by atoms with Crippen LogP contribution in [0.3, 0.4) is 0 Å². The topological polar surface area (TPSA) is 52.9 Å². The fraction of sp³-hybridized carbons (Fsp3) is 0.273. The molecule has 4 nitrogen and oxygen atoms in total. The molecule has 1 heterocycles. The van der Waals surface area contributed by atoms with Crippen LogP contribution < -0.4 is 10.6 Å². The van der Waals surface area contributed by atoms with Crippen LogP contribution >= 0.6 is 11.6 Å². The number of hydrogen-bond acceptors (Lipinski definition) is 3. The maximum Gasteiger partial charge on any atom is 0.434 e. The Labute approximate surface area is 110 Å². The van der Waals surface area contributed by atoms with Gasteiger partial charge in [0.25, 0.3) is 5.91 Å². The number of hydrogen-bond donors (Lipinski definition) is 1. The molecule has 0 fully saturated rings. The molecule has 1 atom stereocenters. The normalized spacial score (nSPS) is 19.9. The van der Waals surface area contributed by atoms with Crippen molar-refractivity contribution in [3.8, 4) is 0 Å². The van der Waals surface area contributed by atoms with Crippen molar-refractivity contribution in [3.63, 3.8) is 0 Å². The van der Waals surface area contributed by atoms with E-state index in [9.17, 15) is 23.2 Å². The van der Waals surface area contributed by atoms with E-state index in [-0.39, 0.29) is 15.4 Å². The van der Waals surface area contributed by atoms with Gasteiger partial charge in [0.1, 0.15) is 6.04 Å². The van der Waals surface area contributed by atoms with Crippen LogP contribution in [0.5, 0.6) is 0 Å². The van der Waals surface area contributed by atoms with Crippen LogP contribution in [0.15, 0.2) is 23.2 Å². The number of amides is 1. The highest BCUT2D eigenvalue weighted by Crippen LogP contribution is 2.29. The summed E-state index contributed by atoms with van der Waals surface area (Å²) in [6, 6.07) is 2.11. The number of benzene rings is 1. The molecule has 1 aromatic carbocycles. The predicted octanol–water partition coefficient (Wildman–Crippen LogP) is 1.25. The summed E-state index contributed by atoms with van der Waals surface area (Å²) in [5.74, 6) is -0.870. The van der Waals surface area contributed by atoms with Crippen molar-refractivity contribution in [2.45, 2.75) is 19.1 Å². The molecule has 102 valence electrons. The first-order chi connectivity index (χ1) is 8.71. The van der Waals surface area contributed by atoms with Crippen molar-refractivity contribution in [1.82, 2.24) is 5.06 Å². The van der Waals surface area contributed by atoms with E-state index in [0.717, 1.165) is 13.0 Å². The summed E-state index contributed by atoms with van der Waals surface area (Å²) in [6.07, 6.45) is -4.84. The van der Waals surface area contributed by atoms with Gasteiger partial charge >= 0.3 is 6.18 Å². The number of carbonyl (C=O) groups is 1. The summed E-state index contributed by atoms with van der Waals surface area (Å²) in [4.78, 5) is 15.1. The van der Waals surface area contributed by atoms with Gasteiger partial charge in [0.2, 0.25) is 0 Å². The minimum Gasteiger partial charge on any atom is -0.288 e. The molecule has 2 rings (SSSR count). The quantitative estimate of drug-likeness (QED) is 0.783. The Hall–Kier alpha value is -1.60. The van der Waals surface area contributed by atoms with Gasteiger partial charge in [0.05, 0.1) is 5.36 Å². The van der Waals surface area contributed by atoms with Crippen LogP contribution in [-0.4, -0.2) is 28.4 Å². The Kier molecular flexibility index (Phi) is 3.27. The molecular weight excluding hydrogens is 285 g/mol. The zero-order valence-corrected chi connectivity index (χ0v) is 10.3. The van der Waals surface area contributed by atoms with Crippen molar-refractivity contribution >= 4 is 23.2 Å². The van der Waals surface area contributed by atoms with Gasteiger partial charge in [-0.2, -0.15) is 13.2 Å². The maximum atomic E-state index is 13.0. The molecule has 1 amide bonds. The number of fused-ring (bicyclic) bond motifs is 1. The summed E-state index contributed by atoms with van der Waals surface area (Å²) < 4.78 is 39.1. The number of nitrogens with zero attached hydrogens (tertiary/aromatic N) is 2. The lowest BCUT2D eigenvalue weighted by molar-refractivity contribution is -0.152. The third kappa shape index (κ3) is 2.43. The first-order valence-electron chi connectivity index (χ1n) is 5.19. The molecule has 1 aliphatic rings. The average Bonchev–Trinajstić information content (AvgIpc) is 2.37. The Morgan fingerprint density at radius 2 is 2.05 bits per heavy atom. The summed E-state index contributed by atoms with van der Waals surface area (Å²) in [5.41, 5.74) is -1.35. The molecule has 0 unspecified atom stereocenters. The highest BCUT2D eigenvalue weighted by Gasteiger charge is 2.42. The third-order valence-corrected chi connectivity index (χ3v) is 2.90. The molecule has 0 saturated carbocycles. The van der Waals surface area contributed by atoms with Crippen LogP contribution in [0.2, 0.25) is 5.02 Å². The number of hydroxylamine groups is 2. The van der Waals surface area contributed by atoms with Gasteiger partial charge < -0.3 is 0 Å². The molecule has 0 bridgehead atoms. The van der Waals surface area contributed by atoms with Gasteiger partial charge in [-0.15, -0.1) is 0 Å². The standard InChI is InChI=1S/C11H8ClF3N2O2/c1-5-10(18)16-8-3-2-6(12)4-7(8)9(17(5)19)11(13,14)15/h2-5,19H,1H3/t5-/m1/s1. The lowest BCUT2D eigenvalue weighted by Gasteiger charge is -2.24. The summed E-state index contributed by atoms with van der Waals surface area (Å²) in [5, 5.41) is 8.94. The van der Waals surface area contributed by atoms with E-state index in [4.69, 9.17) is 11.6 Å². The Morgan fingerprint density at radius 3 is 2.63 bits per heavy atom. The number of alkyl halides is 3. The van der Waals surface area contributed by atoms with E-state index < -0.39 is 29.0 Å².